The van der Waals surface area contributed by atoms with Crippen LogP contribution in [0.5, 0.6) is 0 Å². The molecular formula is C28H31BrN8O4. The lowest BCUT2D eigenvalue weighted by Crippen LogP contribution is -2.47. The van der Waals surface area contributed by atoms with Gasteiger partial charge in [-0.05, 0) is 86.8 Å². The molecule has 4 N–H and O–H groups in total. The second-order valence-corrected chi connectivity index (χ2v) is 11.8. The van der Waals surface area contributed by atoms with E-state index >= 15 is 0 Å². The van der Waals surface area contributed by atoms with Crippen molar-refractivity contribution in [1.29, 1.82) is 0 Å². The van der Waals surface area contributed by atoms with Gasteiger partial charge in [0.05, 0.1) is 10.9 Å². The van der Waals surface area contributed by atoms with E-state index in [1.807, 2.05) is 6.92 Å². The quantitative estimate of drug-likeness (QED) is 0.270. The van der Waals surface area contributed by atoms with Crippen molar-refractivity contribution in [3.63, 3.8) is 0 Å². The highest BCUT2D eigenvalue weighted by atomic mass is 79.9. The molecule has 214 valence electrons. The normalized spacial score (nSPS) is 17.1. The molecule has 4 aromatic rings. The molecule has 0 bridgehead atoms. The van der Waals surface area contributed by atoms with E-state index in [-0.39, 0.29) is 30.2 Å². The van der Waals surface area contributed by atoms with Gasteiger partial charge in [0.15, 0.2) is 0 Å². The summed E-state index contributed by atoms with van der Waals surface area (Å²) in [5, 5.41) is 6.80. The Bertz CT molecular complexity index is 1660. The number of likely N-dealkylation sites (tertiary alicyclic amines) is 1. The van der Waals surface area contributed by atoms with Gasteiger partial charge in [0, 0.05) is 17.1 Å². The summed E-state index contributed by atoms with van der Waals surface area (Å²) in [6.45, 7) is 7.21. The second kappa shape index (κ2) is 11.0. The monoisotopic (exact) mass is 622 g/mol. The summed E-state index contributed by atoms with van der Waals surface area (Å²) in [4.78, 5) is 53.9. The van der Waals surface area contributed by atoms with Gasteiger partial charge in [-0.15, -0.1) is 0 Å². The van der Waals surface area contributed by atoms with Crippen molar-refractivity contribution >= 4 is 73.1 Å². The number of carbonyl (C=O) groups is 3. The smallest absolute Gasteiger partial charge is 0.412 e. The van der Waals surface area contributed by atoms with E-state index in [9.17, 15) is 14.4 Å². The van der Waals surface area contributed by atoms with Crippen LogP contribution in [0.15, 0.2) is 47.3 Å². The lowest BCUT2D eigenvalue weighted by atomic mass is 10.2. The van der Waals surface area contributed by atoms with Crippen molar-refractivity contribution in [3.05, 3.63) is 47.3 Å². The molecule has 13 heteroatoms. The number of rotatable bonds is 5. The van der Waals surface area contributed by atoms with Gasteiger partial charge >= 0.3 is 6.09 Å². The predicted molar refractivity (Wildman–Crippen MR) is 159 cm³/mol. The van der Waals surface area contributed by atoms with Gasteiger partial charge in [-0.25, -0.2) is 19.7 Å². The molecule has 1 saturated heterocycles. The van der Waals surface area contributed by atoms with E-state index in [2.05, 4.69) is 41.5 Å². The number of fused-ring (bicyclic) bond motifs is 3. The standard InChI is InChI=1S/C28H31BrN8O4/c1-15-8-10-19(26(39)35-21-7-5-6-20(29)34-21)37(15)22(38)13-36-18-11-9-16(33-27(40)41-28(2,3)4)12-17(18)23-24(30)31-14-32-25(23)36/h5-7,9,11-12,14-15,19H,8,10,13H2,1-4H3,(H,33,40)(H2,30,31,32)(H,34,35,39)/t15-,19+/m1/s1. The summed E-state index contributed by atoms with van der Waals surface area (Å²) in [5.74, 6) is 0.125. The first-order valence-corrected chi connectivity index (χ1v) is 14.0. The van der Waals surface area contributed by atoms with Crippen molar-refractivity contribution in [3.8, 4) is 0 Å². The number of ether oxygens (including phenoxy) is 1. The molecule has 5 rings (SSSR count). The number of benzene rings is 1. The van der Waals surface area contributed by atoms with Crippen LogP contribution in [0.1, 0.15) is 40.5 Å². The maximum Gasteiger partial charge on any atom is 0.412 e. The number of halogens is 1. The molecule has 0 aliphatic carbocycles. The van der Waals surface area contributed by atoms with Crippen LogP contribution in [0.4, 0.5) is 22.1 Å². The molecule has 12 nitrogen and oxygen atoms in total. The fourth-order valence-corrected chi connectivity index (χ4v) is 5.51. The molecule has 1 aromatic carbocycles. The van der Waals surface area contributed by atoms with Crippen LogP contribution >= 0.6 is 15.9 Å². The first-order chi connectivity index (χ1) is 19.4. The highest BCUT2D eigenvalue weighted by Gasteiger charge is 2.39. The number of pyridine rings is 1. The third-order valence-corrected chi connectivity index (χ3v) is 7.27. The molecular weight excluding hydrogens is 592 g/mol. The largest absolute Gasteiger partial charge is 0.444 e. The summed E-state index contributed by atoms with van der Waals surface area (Å²) in [5.41, 5.74) is 7.25. The number of nitrogens with zero attached hydrogens (tertiary/aromatic N) is 5. The number of nitrogen functional groups attached to an aromatic ring is 1. The van der Waals surface area contributed by atoms with Crippen LogP contribution in [-0.2, 0) is 20.9 Å². The molecule has 0 radical (unpaired) electrons. The molecule has 1 aliphatic rings. The van der Waals surface area contributed by atoms with Crippen molar-refractivity contribution < 1.29 is 19.1 Å². The Morgan fingerprint density at radius 1 is 1.12 bits per heavy atom. The molecule has 3 aromatic heterocycles. The molecule has 3 amide bonds. The molecule has 41 heavy (non-hydrogen) atoms. The van der Waals surface area contributed by atoms with E-state index in [0.717, 1.165) is 0 Å². The van der Waals surface area contributed by atoms with Gasteiger partial charge in [-0.2, -0.15) is 0 Å². The highest BCUT2D eigenvalue weighted by Crippen LogP contribution is 2.34. The van der Waals surface area contributed by atoms with E-state index in [1.165, 1.54) is 6.33 Å². The zero-order valence-corrected chi connectivity index (χ0v) is 24.7. The summed E-state index contributed by atoms with van der Waals surface area (Å²) < 4.78 is 7.73. The molecule has 1 aliphatic heterocycles. The number of nitrogens with two attached hydrogens (primary N) is 1. The van der Waals surface area contributed by atoms with Gasteiger partial charge < -0.3 is 25.3 Å². The number of amides is 3. The average Bonchev–Trinajstić information content (AvgIpc) is 3.41. The minimum absolute atomic E-state index is 0.0709. The number of aromatic nitrogens is 4. The fraction of sp³-hybridized carbons (Fsp3) is 0.357. The van der Waals surface area contributed by atoms with Gasteiger partial charge in [-0.1, -0.05) is 6.07 Å². The number of hydrogen-bond acceptors (Lipinski definition) is 8. The Labute approximate surface area is 244 Å². The Balaban J connectivity index is 1.45. The molecule has 1 fully saturated rings. The van der Waals surface area contributed by atoms with E-state index in [0.29, 0.717) is 50.9 Å². The highest BCUT2D eigenvalue weighted by molar-refractivity contribution is 9.10. The molecule has 0 unspecified atom stereocenters. The van der Waals surface area contributed by atoms with Crippen molar-refractivity contribution in [2.45, 2.75) is 64.8 Å². The van der Waals surface area contributed by atoms with Crippen LogP contribution in [0.2, 0.25) is 0 Å². The minimum atomic E-state index is -0.654. The van der Waals surface area contributed by atoms with Gasteiger partial charge in [0.2, 0.25) is 11.8 Å². The zero-order chi connectivity index (χ0) is 29.5. The van der Waals surface area contributed by atoms with Gasteiger partial charge in [0.1, 0.15) is 46.4 Å². The Hall–Kier alpha value is -4.26. The SMILES string of the molecule is C[C@@H]1CC[C@@H](C(=O)Nc2cccc(Br)n2)N1C(=O)Cn1c2ccc(NC(=O)OC(C)(C)C)cc2c2c(N)ncnc21. The molecule has 2 atom stereocenters. The summed E-state index contributed by atoms with van der Waals surface area (Å²) in [7, 11) is 0. The third kappa shape index (κ3) is 5.94. The van der Waals surface area contributed by atoms with Crippen LogP contribution in [0, 0.1) is 0 Å². The summed E-state index contributed by atoms with van der Waals surface area (Å²) in [6.07, 6.45) is 1.98. The third-order valence-electron chi connectivity index (χ3n) is 6.83. The second-order valence-electron chi connectivity index (χ2n) is 11.0. The summed E-state index contributed by atoms with van der Waals surface area (Å²) >= 11 is 3.31. The predicted octanol–water partition coefficient (Wildman–Crippen LogP) is 4.69. The minimum Gasteiger partial charge on any atom is -0.444 e. The van der Waals surface area contributed by atoms with E-state index < -0.39 is 17.7 Å². The van der Waals surface area contributed by atoms with E-state index in [1.54, 1.807) is 66.6 Å². The van der Waals surface area contributed by atoms with Crippen LogP contribution < -0.4 is 16.4 Å². The van der Waals surface area contributed by atoms with E-state index in [4.69, 9.17) is 10.5 Å². The molecule has 0 spiro atoms. The first kappa shape index (κ1) is 28.3. The Morgan fingerprint density at radius 3 is 2.63 bits per heavy atom. The van der Waals surface area contributed by atoms with Crippen LogP contribution in [0.25, 0.3) is 21.9 Å². The topological polar surface area (TPSA) is 157 Å². The maximum absolute atomic E-state index is 13.8. The number of nitrogens with one attached hydrogen (secondary N) is 2. The van der Waals surface area contributed by atoms with Gasteiger partial charge in [0.25, 0.3) is 0 Å². The Morgan fingerprint density at radius 2 is 1.90 bits per heavy atom. The van der Waals surface area contributed by atoms with Crippen molar-refractivity contribution in [1.82, 2.24) is 24.4 Å². The van der Waals surface area contributed by atoms with Crippen LogP contribution in [-0.4, -0.2) is 60.0 Å². The number of anilines is 3. The number of hydrogen-bond donors (Lipinski definition) is 3. The van der Waals surface area contributed by atoms with Crippen LogP contribution in [0.3, 0.4) is 0 Å². The number of carbonyl (C=O) groups excluding carboxylic acids is 3. The van der Waals surface area contributed by atoms with Crippen molar-refractivity contribution in [2.24, 2.45) is 0 Å². The lowest BCUT2D eigenvalue weighted by Gasteiger charge is -2.28. The molecule has 4 heterocycles. The van der Waals surface area contributed by atoms with Crippen molar-refractivity contribution in [2.75, 3.05) is 16.4 Å². The molecule has 0 saturated carbocycles. The zero-order valence-electron chi connectivity index (χ0n) is 23.1. The lowest BCUT2D eigenvalue weighted by molar-refractivity contribution is -0.138. The maximum atomic E-state index is 13.8. The Kier molecular flexibility index (Phi) is 7.56. The fourth-order valence-electron chi connectivity index (χ4n) is 5.16. The summed E-state index contributed by atoms with van der Waals surface area (Å²) in [6, 6.07) is 9.71. The first-order valence-electron chi connectivity index (χ1n) is 13.2. The van der Waals surface area contributed by atoms with Gasteiger partial charge in [-0.3, -0.25) is 14.9 Å². The average molecular weight is 624 g/mol.